The minimum atomic E-state index is -4.90. The molecule has 160 valence electrons. The Balaban J connectivity index is 2.01. The molecule has 29 heavy (non-hydrogen) atoms. The van der Waals surface area contributed by atoms with Gasteiger partial charge in [0, 0.05) is 12.0 Å². The standard InChI is InChI=1S/C15H13F8N5O/c1-6(15(21,22)23)24-11-25-10(7-2-3-14(19,20)9(29)8(7)16)26-12(27-11)28-4-13(17,18)5-28/h9,29H,1-5H2,(H,24,25,26,27). The smallest absolute Gasteiger partial charge is 0.380 e. The monoisotopic (exact) mass is 431 g/mol. The highest BCUT2D eigenvalue weighted by Crippen LogP contribution is 2.41. The van der Waals surface area contributed by atoms with Crippen LogP contribution in [-0.2, 0) is 0 Å². The second-order valence-corrected chi connectivity index (χ2v) is 6.59. The van der Waals surface area contributed by atoms with Crippen LogP contribution in [0.5, 0.6) is 0 Å². The fraction of sp³-hybridized carbons (Fsp3) is 0.533. The highest BCUT2D eigenvalue weighted by atomic mass is 19.4. The van der Waals surface area contributed by atoms with E-state index in [1.807, 2.05) is 0 Å². The number of alkyl halides is 7. The lowest BCUT2D eigenvalue weighted by atomic mass is 9.92. The van der Waals surface area contributed by atoms with Crippen molar-refractivity contribution in [3.05, 3.63) is 23.9 Å². The molecule has 0 amide bonds. The number of allylic oxidation sites excluding steroid dienone is 2. The molecular formula is C15H13F8N5O. The van der Waals surface area contributed by atoms with E-state index >= 15 is 0 Å². The highest BCUT2D eigenvalue weighted by molar-refractivity contribution is 5.66. The van der Waals surface area contributed by atoms with Gasteiger partial charge in [0.25, 0.3) is 11.8 Å². The van der Waals surface area contributed by atoms with Crippen LogP contribution in [0.15, 0.2) is 18.1 Å². The van der Waals surface area contributed by atoms with Crippen molar-refractivity contribution in [2.24, 2.45) is 0 Å². The molecule has 0 saturated carbocycles. The molecule has 2 N–H and O–H groups in total. The van der Waals surface area contributed by atoms with Crippen molar-refractivity contribution in [3.63, 3.8) is 0 Å². The normalized spacial score (nSPS) is 23.6. The Hall–Kier alpha value is -2.51. The van der Waals surface area contributed by atoms with Crippen LogP contribution in [0.4, 0.5) is 47.0 Å². The largest absolute Gasteiger partial charge is 0.430 e. The second-order valence-electron chi connectivity index (χ2n) is 6.59. The molecule has 2 heterocycles. The molecule has 2 aliphatic rings. The zero-order chi connectivity index (χ0) is 21.8. The molecule has 1 unspecified atom stereocenters. The Kier molecular flexibility index (Phi) is 4.96. The van der Waals surface area contributed by atoms with Crippen molar-refractivity contribution in [2.45, 2.75) is 37.0 Å². The fourth-order valence-corrected chi connectivity index (χ4v) is 2.67. The molecule has 6 nitrogen and oxygen atoms in total. The van der Waals surface area contributed by atoms with E-state index in [9.17, 15) is 40.2 Å². The van der Waals surface area contributed by atoms with Gasteiger partial charge in [-0.3, -0.25) is 0 Å². The van der Waals surface area contributed by atoms with Crippen LogP contribution in [0.1, 0.15) is 18.7 Å². The van der Waals surface area contributed by atoms with Crippen molar-refractivity contribution in [3.8, 4) is 0 Å². The summed E-state index contributed by atoms with van der Waals surface area (Å²) in [6.07, 6.45) is -9.31. The molecule has 0 aromatic carbocycles. The number of nitrogens with one attached hydrogen (secondary N) is 1. The zero-order valence-electron chi connectivity index (χ0n) is 14.4. The van der Waals surface area contributed by atoms with Crippen molar-refractivity contribution < 1.29 is 40.2 Å². The predicted molar refractivity (Wildman–Crippen MR) is 84.0 cm³/mol. The summed E-state index contributed by atoms with van der Waals surface area (Å²) in [5.74, 6) is -10.5. The van der Waals surface area contributed by atoms with Crippen molar-refractivity contribution in [1.29, 1.82) is 0 Å². The van der Waals surface area contributed by atoms with Gasteiger partial charge in [-0.25, -0.2) is 22.0 Å². The third-order valence-electron chi connectivity index (χ3n) is 4.26. The Morgan fingerprint density at radius 1 is 1.14 bits per heavy atom. The van der Waals surface area contributed by atoms with Gasteiger partial charge in [0.15, 0.2) is 11.9 Å². The van der Waals surface area contributed by atoms with Crippen molar-refractivity contribution in [1.82, 2.24) is 15.0 Å². The zero-order valence-corrected chi connectivity index (χ0v) is 14.4. The maximum Gasteiger partial charge on any atom is 0.430 e. The van der Waals surface area contributed by atoms with Gasteiger partial charge in [-0.05, 0) is 6.42 Å². The minimum absolute atomic E-state index is 0.509. The first-order valence-corrected chi connectivity index (χ1v) is 8.06. The van der Waals surface area contributed by atoms with Gasteiger partial charge in [-0.2, -0.15) is 28.1 Å². The number of aliphatic hydroxyl groups is 1. The van der Waals surface area contributed by atoms with Crippen molar-refractivity contribution >= 4 is 17.5 Å². The molecule has 1 fully saturated rings. The van der Waals surface area contributed by atoms with Crippen LogP contribution < -0.4 is 10.2 Å². The summed E-state index contributed by atoms with van der Waals surface area (Å²) in [5, 5.41) is 11.1. The van der Waals surface area contributed by atoms with E-state index in [1.165, 1.54) is 0 Å². The third kappa shape index (κ3) is 4.26. The SMILES string of the molecule is C=C(Nc1nc(C2=C(F)C(O)C(F)(F)CC2)nc(N2CC(F)(F)C2)n1)C(F)(F)F. The molecule has 0 spiro atoms. The maximum atomic E-state index is 14.3. The van der Waals surface area contributed by atoms with Crippen LogP contribution in [0, 0.1) is 0 Å². The van der Waals surface area contributed by atoms with Gasteiger partial charge in [0.05, 0.1) is 13.1 Å². The van der Waals surface area contributed by atoms with Gasteiger partial charge in [0.1, 0.15) is 11.5 Å². The molecule has 1 aliphatic heterocycles. The van der Waals surface area contributed by atoms with E-state index in [2.05, 4.69) is 21.5 Å². The summed E-state index contributed by atoms with van der Waals surface area (Å²) >= 11 is 0. The number of nitrogens with zero attached hydrogens (tertiary/aromatic N) is 4. The molecule has 1 atom stereocenters. The molecule has 1 aromatic rings. The maximum absolute atomic E-state index is 14.3. The van der Waals surface area contributed by atoms with Gasteiger partial charge < -0.3 is 15.3 Å². The summed E-state index contributed by atoms with van der Waals surface area (Å²) < 4.78 is 106. The summed E-state index contributed by atoms with van der Waals surface area (Å²) in [7, 11) is 0. The number of anilines is 2. The number of aromatic nitrogens is 3. The van der Waals surface area contributed by atoms with E-state index in [0.29, 0.717) is 0 Å². The molecule has 1 aliphatic carbocycles. The molecule has 14 heteroatoms. The molecule has 0 bridgehead atoms. The number of hydrogen-bond acceptors (Lipinski definition) is 6. The summed E-state index contributed by atoms with van der Waals surface area (Å²) in [6.45, 7) is 1.05. The van der Waals surface area contributed by atoms with Crippen molar-refractivity contribution in [2.75, 3.05) is 23.3 Å². The number of rotatable bonds is 4. The molecule has 3 rings (SSSR count). The molecule has 0 radical (unpaired) electrons. The van der Waals surface area contributed by atoms with Crippen LogP contribution in [0.2, 0.25) is 0 Å². The van der Waals surface area contributed by atoms with Crippen LogP contribution in [0.3, 0.4) is 0 Å². The van der Waals surface area contributed by atoms with E-state index in [-0.39, 0.29) is 0 Å². The Bertz CT molecular complexity index is 861. The highest BCUT2D eigenvalue weighted by Gasteiger charge is 2.48. The number of hydrogen-bond donors (Lipinski definition) is 2. The number of aliphatic hydroxyl groups excluding tert-OH is 1. The van der Waals surface area contributed by atoms with E-state index in [0.717, 1.165) is 4.90 Å². The Labute approximate surface area is 158 Å². The van der Waals surface area contributed by atoms with Gasteiger partial charge in [-0.15, -0.1) is 0 Å². The third-order valence-corrected chi connectivity index (χ3v) is 4.26. The lowest BCUT2D eigenvalue weighted by Gasteiger charge is -2.38. The molecular weight excluding hydrogens is 418 g/mol. The topological polar surface area (TPSA) is 74.2 Å². The fourth-order valence-electron chi connectivity index (χ4n) is 2.67. The Morgan fingerprint density at radius 3 is 2.31 bits per heavy atom. The van der Waals surface area contributed by atoms with Gasteiger partial charge in [0.2, 0.25) is 11.9 Å². The summed E-state index contributed by atoms with van der Waals surface area (Å²) in [5.41, 5.74) is -2.08. The van der Waals surface area contributed by atoms with Crippen LogP contribution in [0.25, 0.3) is 5.57 Å². The average Bonchev–Trinajstić information content (AvgIpc) is 2.56. The van der Waals surface area contributed by atoms with E-state index < -0.39 is 84.9 Å². The predicted octanol–water partition coefficient (Wildman–Crippen LogP) is 3.29. The second kappa shape index (κ2) is 6.78. The quantitative estimate of drug-likeness (QED) is 0.713. The lowest BCUT2D eigenvalue weighted by molar-refractivity contribution is -0.107. The van der Waals surface area contributed by atoms with E-state index in [4.69, 9.17) is 0 Å². The first kappa shape index (κ1) is 21.2. The first-order valence-electron chi connectivity index (χ1n) is 8.06. The minimum Gasteiger partial charge on any atom is -0.380 e. The van der Waals surface area contributed by atoms with E-state index in [1.54, 1.807) is 5.32 Å². The number of halogens is 8. The average molecular weight is 431 g/mol. The lowest BCUT2D eigenvalue weighted by Crippen LogP contribution is -2.57. The first-order chi connectivity index (χ1) is 13.2. The van der Waals surface area contributed by atoms with Crippen LogP contribution >= 0.6 is 0 Å². The van der Waals surface area contributed by atoms with Gasteiger partial charge in [-0.1, -0.05) is 6.58 Å². The van der Waals surface area contributed by atoms with Crippen LogP contribution in [-0.4, -0.2) is 57.3 Å². The Morgan fingerprint density at radius 2 is 1.76 bits per heavy atom. The summed E-state index contributed by atoms with van der Waals surface area (Å²) in [4.78, 5) is 11.7. The molecule has 1 aromatic heterocycles. The molecule has 1 saturated heterocycles. The van der Waals surface area contributed by atoms with Gasteiger partial charge >= 0.3 is 6.18 Å². The summed E-state index contributed by atoms with van der Waals surface area (Å²) in [6, 6.07) is 0.